The van der Waals surface area contributed by atoms with Crippen LogP contribution >= 0.6 is 23.2 Å². The Bertz CT molecular complexity index is 705. The number of anilines is 2. The Morgan fingerprint density at radius 3 is 2.79 bits per heavy atom. The van der Waals surface area contributed by atoms with Crippen molar-refractivity contribution < 1.29 is 14.7 Å². The molecule has 0 spiro atoms. The van der Waals surface area contributed by atoms with Crippen LogP contribution in [0, 0.1) is 0 Å². The van der Waals surface area contributed by atoms with Gasteiger partial charge in [-0.15, -0.1) is 0 Å². The lowest BCUT2D eigenvalue weighted by Gasteiger charge is -2.27. The van der Waals surface area contributed by atoms with Crippen molar-refractivity contribution in [2.45, 2.75) is 0 Å². The first-order valence-corrected chi connectivity index (χ1v) is 8.53. The number of hydrogen-bond donors (Lipinski definition) is 2. The van der Waals surface area contributed by atoms with Gasteiger partial charge in [-0.1, -0.05) is 29.3 Å². The molecule has 0 aliphatic carbocycles. The molecular weight excluding hydrogens is 349 g/mol. The van der Waals surface area contributed by atoms with Gasteiger partial charge >= 0.3 is 0 Å². The topological polar surface area (TPSA) is 63.8 Å². The van der Waals surface area contributed by atoms with Gasteiger partial charge in [0.2, 0.25) is 0 Å². The summed E-state index contributed by atoms with van der Waals surface area (Å²) in [5.41, 5.74) is 0. The third kappa shape index (κ3) is 4.35. The fourth-order valence-corrected chi connectivity index (χ4v) is 3.16. The molecule has 1 aliphatic rings. The summed E-state index contributed by atoms with van der Waals surface area (Å²) < 4.78 is 0. The first-order valence-electron chi connectivity index (χ1n) is 7.78. The fraction of sp³-hybridized carbons (Fsp3) is 0.312. The molecule has 0 bridgehead atoms. The summed E-state index contributed by atoms with van der Waals surface area (Å²) in [4.78, 5) is 23.0. The molecule has 1 aliphatic heterocycles. The van der Waals surface area contributed by atoms with Crippen molar-refractivity contribution in [3.05, 3.63) is 46.7 Å². The van der Waals surface area contributed by atoms with E-state index in [1.807, 2.05) is 18.3 Å². The zero-order valence-corrected chi connectivity index (χ0v) is 14.6. The molecule has 6 nitrogen and oxygen atoms in total. The molecule has 0 radical (unpaired) electrons. The van der Waals surface area contributed by atoms with Gasteiger partial charge in [0.1, 0.15) is 26.2 Å². The van der Waals surface area contributed by atoms with E-state index in [4.69, 9.17) is 23.2 Å². The summed E-state index contributed by atoms with van der Waals surface area (Å²) in [6, 6.07) is 7.60. The quantitative estimate of drug-likeness (QED) is 0.829. The number of carbonyl (C=O) groups excluding carboxylic acids is 1. The van der Waals surface area contributed by atoms with E-state index in [1.54, 1.807) is 6.07 Å². The van der Waals surface area contributed by atoms with Crippen molar-refractivity contribution in [3.63, 3.8) is 0 Å². The van der Waals surface area contributed by atoms with Crippen molar-refractivity contribution >= 4 is 40.7 Å². The molecule has 2 aromatic heterocycles. The van der Waals surface area contributed by atoms with E-state index in [9.17, 15) is 4.79 Å². The number of piperazine rings is 1. The van der Waals surface area contributed by atoms with Crippen LogP contribution in [0.4, 0.5) is 11.6 Å². The minimum atomic E-state index is -0.0959. The SMILES string of the molecule is O=C(C[NH+]1CCN(c2cccc[nH+]2)CC1)Nc1ncc(Cl)cc1Cl. The molecule has 3 rings (SSSR count). The summed E-state index contributed by atoms with van der Waals surface area (Å²) in [7, 11) is 0. The number of nitrogens with one attached hydrogen (secondary N) is 3. The van der Waals surface area contributed by atoms with Crippen molar-refractivity contribution in [2.75, 3.05) is 42.9 Å². The first-order chi connectivity index (χ1) is 11.6. The second-order valence-corrected chi connectivity index (χ2v) is 6.54. The summed E-state index contributed by atoms with van der Waals surface area (Å²) >= 11 is 11.8. The Morgan fingerprint density at radius 1 is 1.33 bits per heavy atom. The molecule has 24 heavy (non-hydrogen) atoms. The maximum absolute atomic E-state index is 12.2. The highest BCUT2D eigenvalue weighted by Crippen LogP contribution is 2.22. The number of aromatic nitrogens is 2. The van der Waals surface area contributed by atoms with Gasteiger partial charge in [-0.2, -0.15) is 0 Å². The number of rotatable bonds is 4. The molecule has 126 valence electrons. The van der Waals surface area contributed by atoms with Crippen LogP contribution in [0.5, 0.6) is 0 Å². The largest absolute Gasteiger partial charge is 0.321 e. The van der Waals surface area contributed by atoms with Crippen molar-refractivity contribution in [1.29, 1.82) is 0 Å². The summed E-state index contributed by atoms with van der Waals surface area (Å²) in [5.74, 6) is 1.36. The van der Waals surface area contributed by atoms with Gasteiger partial charge in [0.05, 0.1) is 16.2 Å². The number of hydrogen-bond acceptors (Lipinski definition) is 3. The molecule has 3 N–H and O–H groups in total. The number of pyridine rings is 2. The number of aromatic amines is 1. The highest BCUT2D eigenvalue weighted by atomic mass is 35.5. The molecule has 1 fully saturated rings. The highest BCUT2D eigenvalue weighted by molar-refractivity contribution is 6.36. The molecule has 0 atom stereocenters. The predicted octanol–water partition coefficient (Wildman–Crippen LogP) is 0.546. The van der Waals surface area contributed by atoms with Crippen LogP contribution in [0.3, 0.4) is 0 Å². The van der Waals surface area contributed by atoms with Crippen LogP contribution in [0.15, 0.2) is 36.7 Å². The number of nitrogens with zero attached hydrogens (tertiary/aromatic N) is 2. The van der Waals surface area contributed by atoms with Crippen LogP contribution in [0.25, 0.3) is 0 Å². The van der Waals surface area contributed by atoms with Gasteiger partial charge in [0.15, 0.2) is 12.4 Å². The van der Waals surface area contributed by atoms with E-state index in [-0.39, 0.29) is 5.91 Å². The highest BCUT2D eigenvalue weighted by Gasteiger charge is 2.27. The van der Waals surface area contributed by atoms with Crippen LogP contribution in [0.1, 0.15) is 0 Å². The zero-order valence-electron chi connectivity index (χ0n) is 13.1. The van der Waals surface area contributed by atoms with Crippen LogP contribution in [-0.2, 0) is 4.79 Å². The summed E-state index contributed by atoms with van der Waals surface area (Å²) in [6.07, 6.45) is 3.38. The molecule has 3 heterocycles. The minimum Gasteiger partial charge on any atom is -0.321 e. The maximum Gasteiger partial charge on any atom is 0.280 e. The van der Waals surface area contributed by atoms with Gasteiger partial charge in [0.25, 0.3) is 11.7 Å². The van der Waals surface area contributed by atoms with Crippen LogP contribution in [0.2, 0.25) is 10.0 Å². The number of carbonyl (C=O) groups is 1. The minimum absolute atomic E-state index is 0.0959. The standard InChI is InChI=1S/C16H17Cl2N5O/c17-12-9-13(18)16(20-10-12)21-15(24)11-22-5-7-23(8-6-22)14-3-1-2-4-19-14/h1-4,9-10H,5-8,11H2,(H,20,21,24)/p+2. The Balaban J connectivity index is 1.50. The number of H-pyrrole nitrogens is 1. The van der Waals surface area contributed by atoms with Crippen LogP contribution < -0.4 is 20.1 Å². The van der Waals surface area contributed by atoms with E-state index in [0.29, 0.717) is 22.4 Å². The van der Waals surface area contributed by atoms with Gasteiger partial charge in [-0.05, 0) is 12.1 Å². The van der Waals surface area contributed by atoms with Gasteiger partial charge < -0.3 is 10.2 Å². The molecule has 0 unspecified atom stereocenters. The lowest BCUT2D eigenvalue weighted by atomic mass is 10.3. The maximum atomic E-state index is 12.2. The molecule has 2 aromatic rings. The van der Waals surface area contributed by atoms with Crippen molar-refractivity contribution in [1.82, 2.24) is 4.98 Å². The summed E-state index contributed by atoms with van der Waals surface area (Å²) in [5, 5.41) is 3.53. The third-order valence-corrected chi connectivity index (χ3v) is 4.47. The second-order valence-electron chi connectivity index (χ2n) is 5.69. The zero-order chi connectivity index (χ0) is 16.9. The molecule has 1 saturated heterocycles. The van der Waals surface area contributed by atoms with E-state index in [1.165, 1.54) is 11.1 Å². The third-order valence-electron chi connectivity index (χ3n) is 3.98. The van der Waals surface area contributed by atoms with E-state index >= 15 is 0 Å². The van der Waals surface area contributed by atoms with Gasteiger partial charge in [-0.25, -0.2) is 9.97 Å². The lowest BCUT2D eigenvalue weighted by Crippen LogP contribution is -3.15. The number of quaternary nitrogens is 1. The van der Waals surface area contributed by atoms with E-state index < -0.39 is 0 Å². The average Bonchev–Trinajstić information content (AvgIpc) is 2.59. The van der Waals surface area contributed by atoms with E-state index in [0.717, 1.165) is 32.0 Å². The van der Waals surface area contributed by atoms with Crippen molar-refractivity contribution in [3.8, 4) is 0 Å². The monoisotopic (exact) mass is 367 g/mol. The predicted molar refractivity (Wildman–Crippen MR) is 93.7 cm³/mol. The van der Waals surface area contributed by atoms with Crippen molar-refractivity contribution in [2.24, 2.45) is 0 Å². The Kier molecular flexibility index (Phi) is 5.50. The smallest absolute Gasteiger partial charge is 0.280 e. The molecule has 1 amide bonds. The van der Waals surface area contributed by atoms with Gasteiger partial charge in [0, 0.05) is 12.3 Å². The Morgan fingerprint density at radius 2 is 2.12 bits per heavy atom. The first kappa shape index (κ1) is 17.0. The fourth-order valence-electron chi connectivity index (χ4n) is 2.73. The van der Waals surface area contributed by atoms with E-state index in [2.05, 4.69) is 26.3 Å². The molecule has 8 heteroatoms. The van der Waals surface area contributed by atoms with Crippen LogP contribution in [-0.4, -0.2) is 43.6 Å². The molecule has 0 saturated carbocycles. The number of halogens is 2. The molecular formula is C16H19Cl2N5O+2. The number of amides is 1. The van der Waals surface area contributed by atoms with Gasteiger partial charge in [-0.3, -0.25) is 9.69 Å². The Hall–Kier alpha value is -1.89. The Labute approximate surface area is 150 Å². The second kappa shape index (κ2) is 7.79. The normalized spacial score (nSPS) is 15.3. The summed E-state index contributed by atoms with van der Waals surface area (Å²) in [6.45, 7) is 4.01. The molecule has 0 aromatic carbocycles. The average molecular weight is 368 g/mol. The lowest BCUT2D eigenvalue weighted by molar-refractivity contribution is -0.892.